The van der Waals surface area contributed by atoms with Crippen molar-refractivity contribution in [2.24, 2.45) is 0 Å². The molecule has 1 N–H and O–H groups in total. The van der Waals surface area contributed by atoms with Crippen molar-refractivity contribution in [3.8, 4) is 0 Å². The highest BCUT2D eigenvalue weighted by Crippen LogP contribution is 2.27. The first kappa shape index (κ1) is 12.6. The molecule has 4 heteroatoms. The summed E-state index contributed by atoms with van der Waals surface area (Å²) < 4.78 is 5.43. The van der Waals surface area contributed by atoms with Gasteiger partial charge < -0.3 is 14.4 Å². The standard InChI is InChI=1S/C14H18N2O2/c1-9-7-12(10(2)18-9)14(17)11-5-6-13(15-8-11)16(3)4/h5-8,14,17H,1-4H3. The van der Waals surface area contributed by atoms with Crippen molar-refractivity contribution in [2.45, 2.75) is 20.0 Å². The van der Waals surface area contributed by atoms with Crippen molar-refractivity contribution >= 4 is 5.82 Å². The first-order chi connectivity index (χ1) is 8.49. The van der Waals surface area contributed by atoms with Crippen LogP contribution in [0.25, 0.3) is 0 Å². The molecule has 2 aromatic heterocycles. The number of rotatable bonds is 3. The van der Waals surface area contributed by atoms with Crippen molar-refractivity contribution in [3.63, 3.8) is 0 Å². The molecule has 96 valence electrons. The molecule has 0 aliphatic carbocycles. The Balaban J connectivity index is 2.28. The molecule has 1 atom stereocenters. The van der Waals surface area contributed by atoms with Crippen LogP contribution in [0.5, 0.6) is 0 Å². The number of pyridine rings is 1. The SMILES string of the molecule is Cc1cc(C(O)c2ccc(N(C)C)nc2)c(C)o1. The van der Waals surface area contributed by atoms with Crippen LogP contribution in [0.2, 0.25) is 0 Å². The van der Waals surface area contributed by atoms with Crippen molar-refractivity contribution in [3.05, 3.63) is 47.0 Å². The Bertz CT molecular complexity index is 529. The van der Waals surface area contributed by atoms with Crippen LogP contribution >= 0.6 is 0 Å². The third kappa shape index (κ3) is 2.38. The number of nitrogens with zero attached hydrogens (tertiary/aromatic N) is 2. The lowest BCUT2D eigenvalue weighted by molar-refractivity contribution is 0.217. The molecule has 0 fully saturated rings. The van der Waals surface area contributed by atoms with Crippen LogP contribution in [0.3, 0.4) is 0 Å². The summed E-state index contributed by atoms with van der Waals surface area (Å²) in [6, 6.07) is 5.63. The predicted molar refractivity (Wildman–Crippen MR) is 70.8 cm³/mol. The van der Waals surface area contributed by atoms with Gasteiger partial charge in [0.1, 0.15) is 23.4 Å². The van der Waals surface area contributed by atoms with Crippen LogP contribution in [0.1, 0.15) is 28.8 Å². The first-order valence-electron chi connectivity index (χ1n) is 5.87. The fourth-order valence-corrected chi connectivity index (χ4v) is 1.93. The van der Waals surface area contributed by atoms with E-state index in [1.165, 1.54) is 0 Å². The van der Waals surface area contributed by atoms with E-state index in [4.69, 9.17) is 4.42 Å². The fourth-order valence-electron chi connectivity index (χ4n) is 1.93. The van der Waals surface area contributed by atoms with Gasteiger partial charge in [-0.1, -0.05) is 6.07 Å². The van der Waals surface area contributed by atoms with Gasteiger partial charge in [0.25, 0.3) is 0 Å². The van der Waals surface area contributed by atoms with Gasteiger partial charge in [0, 0.05) is 31.4 Å². The number of aliphatic hydroxyl groups excluding tert-OH is 1. The number of aliphatic hydroxyl groups is 1. The zero-order valence-electron chi connectivity index (χ0n) is 11.1. The average molecular weight is 246 g/mol. The van der Waals surface area contributed by atoms with Gasteiger partial charge in [0.05, 0.1) is 0 Å². The molecule has 0 radical (unpaired) electrons. The maximum Gasteiger partial charge on any atom is 0.127 e. The van der Waals surface area contributed by atoms with Crippen LogP contribution in [-0.2, 0) is 0 Å². The molecule has 0 aliphatic heterocycles. The number of aryl methyl sites for hydroxylation is 2. The number of aromatic nitrogens is 1. The van der Waals surface area contributed by atoms with Gasteiger partial charge in [0.2, 0.25) is 0 Å². The summed E-state index contributed by atoms with van der Waals surface area (Å²) >= 11 is 0. The van der Waals surface area contributed by atoms with Gasteiger partial charge in [-0.2, -0.15) is 0 Å². The molecule has 0 bridgehead atoms. The molecule has 2 rings (SSSR count). The second-order valence-corrected chi connectivity index (χ2v) is 4.62. The Labute approximate surface area is 107 Å². The Morgan fingerprint density at radius 3 is 2.44 bits per heavy atom. The highest BCUT2D eigenvalue weighted by molar-refractivity contribution is 5.40. The average Bonchev–Trinajstić information content (AvgIpc) is 2.67. The Morgan fingerprint density at radius 2 is 2.00 bits per heavy atom. The highest BCUT2D eigenvalue weighted by Gasteiger charge is 2.16. The van der Waals surface area contributed by atoms with Gasteiger partial charge in [-0.3, -0.25) is 0 Å². The highest BCUT2D eigenvalue weighted by atomic mass is 16.3. The van der Waals surface area contributed by atoms with E-state index >= 15 is 0 Å². The predicted octanol–water partition coefficient (Wildman–Crippen LogP) is 2.44. The third-order valence-corrected chi connectivity index (χ3v) is 2.92. The second-order valence-electron chi connectivity index (χ2n) is 4.62. The lowest BCUT2D eigenvalue weighted by Gasteiger charge is -2.13. The first-order valence-corrected chi connectivity index (χ1v) is 5.87. The molecule has 0 aliphatic rings. The van der Waals surface area contributed by atoms with Crippen LogP contribution in [0.4, 0.5) is 5.82 Å². The van der Waals surface area contributed by atoms with Gasteiger partial charge in [-0.25, -0.2) is 4.98 Å². The molecular formula is C14H18N2O2. The van der Waals surface area contributed by atoms with E-state index < -0.39 is 6.10 Å². The zero-order valence-corrected chi connectivity index (χ0v) is 11.1. The third-order valence-electron chi connectivity index (χ3n) is 2.92. The summed E-state index contributed by atoms with van der Waals surface area (Å²) in [7, 11) is 3.87. The molecule has 0 saturated heterocycles. The zero-order chi connectivity index (χ0) is 13.3. The largest absolute Gasteiger partial charge is 0.466 e. The molecule has 0 saturated carbocycles. The summed E-state index contributed by atoms with van der Waals surface area (Å²) in [5.41, 5.74) is 1.57. The van der Waals surface area contributed by atoms with Gasteiger partial charge in [-0.05, 0) is 26.0 Å². The van der Waals surface area contributed by atoms with E-state index in [0.717, 1.165) is 28.5 Å². The number of anilines is 1. The van der Waals surface area contributed by atoms with Gasteiger partial charge in [0.15, 0.2) is 0 Å². The summed E-state index contributed by atoms with van der Waals surface area (Å²) in [6.45, 7) is 3.73. The van der Waals surface area contributed by atoms with E-state index in [0.29, 0.717) is 0 Å². The van der Waals surface area contributed by atoms with Crippen LogP contribution in [-0.4, -0.2) is 24.2 Å². The quantitative estimate of drug-likeness (QED) is 0.903. The topological polar surface area (TPSA) is 49.5 Å². The minimum absolute atomic E-state index is 0.689. The van der Waals surface area contributed by atoms with E-state index in [-0.39, 0.29) is 0 Å². The second kappa shape index (κ2) is 4.82. The number of hydrogen-bond acceptors (Lipinski definition) is 4. The molecule has 0 spiro atoms. The normalized spacial score (nSPS) is 12.5. The van der Waals surface area contributed by atoms with Crippen LogP contribution in [0, 0.1) is 13.8 Å². The molecule has 18 heavy (non-hydrogen) atoms. The lowest BCUT2D eigenvalue weighted by atomic mass is 10.0. The minimum atomic E-state index is -0.689. The molecule has 4 nitrogen and oxygen atoms in total. The molecular weight excluding hydrogens is 228 g/mol. The molecule has 2 heterocycles. The number of furan rings is 1. The van der Waals surface area contributed by atoms with Crippen LogP contribution < -0.4 is 4.90 Å². The van der Waals surface area contributed by atoms with E-state index in [1.54, 1.807) is 6.20 Å². The van der Waals surface area contributed by atoms with Crippen molar-refractivity contribution in [1.29, 1.82) is 0 Å². The molecule has 1 unspecified atom stereocenters. The minimum Gasteiger partial charge on any atom is -0.466 e. The van der Waals surface area contributed by atoms with Crippen LogP contribution in [0.15, 0.2) is 28.8 Å². The Morgan fingerprint density at radius 1 is 1.28 bits per heavy atom. The smallest absolute Gasteiger partial charge is 0.127 e. The van der Waals surface area contributed by atoms with E-state index in [1.807, 2.05) is 51.0 Å². The fraction of sp³-hybridized carbons (Fsp3) is 0.357. The maximum absolute atomic E-state index is 10.3. The van der Waals surface area contributed by atoms with Gasteiger partial charge >= 0.3 is 0 Å². The van der Waals surface area contributed by atoms with Crippen molar-refractivity contribution in [1.82, 2.24) is 4.98 Å². The summed E-state index contributed by atoms with van der Waals surface area (Å²) in [5.74, 6) is 2.42. The van der Waals surface area contributed by atoms with E-state index in [2.05, 4.69) is 4.98 Å². The Hall–Kier alpha value is -1.81. The monoisotopic (exact) mass is 246 g/mol. The lowest BCUT2D eigenvalue weighted by Crippen LogP contribution is -2.11. The summed E-state index contributed by atoms with van der Waals surface area (Å²) in [5, 5.41) is 10.3. The maximum atomic E-state index is 10.3. The van der Waals surface area contributed by atoms with Crippen molar-refractivity contribution < 1.29 is 9.52 Å². The Kier molecular flexibility index (Phi) is 3.39. The molecule has 0 amide bonds. The van der Waals surface area contributed by atoms with E-state index in [9.17, 15) is 5.11 Å². The molecule has 2 aromatic rings. The van der Waals surface area contributed by atoms with Crippen molar-refractivity contribution in [2.75, 3.05) is 19.0 Å². The summed E-state index contributed by atoms with van der Waals surface area (Å²) in [4.78, 5) is 6.22. The van der Waals surface area contributed by atoms with Gasteiger partial charge in [-0.15, -0.1) is 0 Å². The number of hydrogen-bond donors (Lipinski definition) is 1. The summed E-state index contributed by atoms with van der Waals surface area (Å²) in [6.07, 6.45) is 1.01. The molecule has 0 aromatic carbocycles.